The van der Waals surface area contributed by atoms with Crippen molar-refractivity contribution in [3.05, 3.63) is 18.3 Å². The van der Waals surface area contributed by atoms with Gasteiger partial charge in [-0.05, 0) is 50.3 Å². The lowest BCUT2D eigenvalue weighted by atomic mass is 9.90. The maximum Gasteiger partial charge on any atom is 0.245 e. The van der Waals surface area contributed by atoms with E-state index in [0.29, 0.717) is 23.7 Å². The standard InChI is InChI=1S/C15H22N4O/c1-10-9-11-5-3-6-12(11)19(15(20)14(10)16-2)13-7-4-8-17-18-13/h4,7-8,10-12,14,16H,3,5-6,9H2,1-2H3. The molecule has 1 N–H and O–H groups in total. The Morgan fingerprint density at radius 2 is 2.25 bits per heavy atom. The maximum atomic E-state index is 12.9. The number of aromatic nitrogens is 2. The van der Waals surface area contributed by atoms with Gasteiger partial charge in [0.15, 0.2) is 5.82 Å². The fraction of sp³-hybridized carbons (Fsp3) is 0.667. The molecule has 1 saturated carbocycles. The Labute approximate surface area is 119 Å². The number of nitrogens with one attached hydrogen (secondary N) is 1. The zero-order valence-corrected chi connectivity index (χ0v) is 12.1. The molecule has 0 aromatic carbocycles. The van der Waals surface area contributed by atoms with Gasteiger partial charge in [0.2, 0.25) is 5.91 Å². The number of fused-ring (bicyclic) bond motifs is 1. The number of likely N-dealkylation sites (N-methyl/N-ethyl adjacent to an activating group) is 1. The van der Waals surface area contributed by atoms with Crippen LogP contribution in [-0.4, -0.2) is 35.2 Å². The third kappa shape index (κ3) is 2.20. The van der Waals surface area contributed by atoms with Gasteiger partial charge >= 0.3 is 0 Å². The molecule has 5 heteroatoms. The highest BCUT2D eigenvalue weighted by molar-refractivity contribution is 5.97. The number of nitrogens with zero attached hydrogens (tertiary/aromatic N) is 3. The molecule has 1 aliphatic heterocycles. The van der Waals surface area contributed by atoms with Gasteiger partial charge in [0.1, 0.15) is 0 Å². The monoisotopic (exact) mass is 274 g/mol. The van der Waals surface area contributed by atoms with Gasteiger partial charge in [0, 0.05) is 12.2 Å². The van der Waals surface area contributed by atoms with E-state index >= 15 is 0 Å². The zero-order valence-electron chi connectivity index (χ0n) is 12.1. The van der Waals surface area contributed by atoms with Crippen molar-refractivity contribution in [2.75, 3.05) is 11.9 Å². The number of hydrogen-bond acceptors (Lipinski definition) is 4. The van der Waals surface area contributed by atoms with Gasteiger partial charge in [0.25, 0.3) is 0 Å². The van der Waals surface area contributed by atoms with Gasteiger partial charge in [-0.3, -0.25) is 9.69 Å². The third-order valence-electron chi connectivity index (χ3n) is 4.81. The highest BCUT2D eigenvalue weighted by atomic mass is 16.2. The minimum atomic E-state index is -0.123. The number of amides is 1. The Bertz CT molecular complexity index is 478. The van der Waals surface area contributed by atoms with Gasteiger partial charge < -0.3 is 5.32 Å². The van der Waals surface area contributed by atoms with E-state index in [-0.39, 0.29) is 11.9 Å². The molecule has 4 atom stereocenters. The lowest BCUT2D eigenvalue weighted by molar-refractivity contribution is -0.121. The van der Waals surface area contributed by atoms with E-state index in [1.807, 2.05) is 24.1 Å². The zero-order chi connectivity index (χ0) is 14.1. The van der Waals surface area contributed by atoms with Crippen LogP contribution in [0.2, 0.25) is 0 Å². The highest BCUT2D eigenvalue weighted by Gasteiger charge is 2.44. The number of anilines is 1. The van der Waals surface area contributed by atoms with Crippen molar-refractivity contribution in [1.29, 1.82) is 0 Å². The van der Waals surface area contributed by atoms with Gasteiger partial charge in [-0.15, -0.1) is 5.10 Å². The molecule has 3 rings (SSSR count). The number of hydrogen-bond donors (Lipinski definition) is 1. The van der Waals surface area contributed by atoms with Crippen molar-refractivity contribution in [3.63, 3.8) is 0 Å². The average Bonchev–Trinajstić information content (AvgIpc) is 2.85. The summed E-state index contributed by atoms with van der Waals surface area (Å²) in [7, 11) is 1.87. The predicted molar refractivity (Wildman–Crippen MR) is 77.3 cm³/mol. The van der Waals surface area contributed by atoms with E-state index in [2.05, 4.69) is 22.4 Å². The predicted octanol–water partition coefficient (Wildman–Crippen LogP) is 1.61. The summed E-state index contributed by atoms with van der Waals surface area (Å²) in [6.45, 7) is 2.18. The Morgan fingerprint density at radius 1 is 1.40 bits per heavy atom. The van der Waals surface area contributed by atoms with E-state index in [1.165, 1.54) is 12.8 Å². The summed E-state index contributed by atoms with van der Waals surface area (Å²) in [5, 5.41) is 11.3. The fourth-order valence-electron chi connectivity index (χ4n) is 3.92. The first-order chi connectivity index (χ1) is 9.72. The fourth-order valence-corrected chi connectivity index (χ4v) is 3.92. The van der Waals surface area contributed by atoms with E-state index in [1.54, 1.807) is 6.20 Å². The third-order valence-corrected chi connectivity index (χ3v) is 4.81. The maximum absolute atomic E-state index is 12.9. The molecule has 2 aliphatic rings. The summed E-state index contributed by atoms with van der Waals surface area (Å²) in [6, 6.07) is 3.91. The molecule has 0 bridgehead atoms. The molecule has 0 radical (unpaired) electrons. The van der Waals surface area contributed by atoms with Crippen LogP contribution in [0.5, 0.6) is 0 Å². The average molecular weight is 274 g/mol. The van der Waals surface area contributed by atoms with Crippen molar-refractivity contribution in [2.24, 2.45) is 11.8 Å². The first-order valence-electron chi connectivity index (χ1n) is 7.50. The molecule has 1 aliphatic carbocycles. The number of carbonyl (C=O) groups excluding carboxylic acids is 1. The van der Waals surface area contributed by atoms with Crippen molar-refractivity contribution in [2.45, 2.75) is 44.7 Å². The first kappa shape index (κ1) is 13.5. The van der Waals surface area contributed by atoms with Crippen LogP contribution in [0.3, 0.4) is 0 Å². The number of carbonyl (C=O) groups is 1. The largest absolute Gasteiger partial charge is 0.309 e. The van der Waals surface area contributed by atoms with Gasteiger partial charge in [-0.2, -0.15) is 5.10 Å². The molecular weight excluding hydrogens is 252 g/mol. The lowest BCUT2D eigenvalue weighted by Gasteiger charge is -2.30. The molecule has 20 heavy (non-hydrogen) atoms. The van der Waals surface area contributed by atoms with Crippen LogP contribution in [0.15, 0.2) is 18.3 Å². The molecule has 1 aromatic rings. The molecule has 2 heterocycles. The molecule has 2 fully saturated rings. The van der Waals surface area contributed by atoms with Crippen LogP contribution >= 0.6 is 0 Å². The molecule has 5 nitrogen and oxygen atoms in total. The first-order valence-corrected chi connectivity index (χ1v) is 7.50. The smallest absolute Gasteiger partial charge is 0.245 e. The van der Waals surface area contributed by atoms with Gasteiger partial charge in [0.05, 0.1) is 6.04 Å². The minimum Gasteiger partial charge on any atom is -0.309 e. The quantitative estimate of drug-likeness (QED) is 0.890. The van der Waals surface area contributed by atoms with Gasteiger partial charge in [-0.1, -0.05) is 13.3 Å². The summed E-state index contributed by atoms with van der Waals surface area (Å²) in [4.78, 5) is 14.8. The second-order valence-corrected chi connectivity index (χ2v) is 6.03. The second-order valence-electron chi connectivity index (χ2n) is 6.03. The molecule has 0 spiro atoms. The SMILES string of the molecule is CNC1C(=O)N(c2cccnn2)C2CCCC2CC1C. The summed E-state index contributed by atoms with van der Waals surface area (Å²) < 4.78 is 0. The topological polar surface area (TPSA) is 58.1 Å². The van der Waals surface area contributed by atoms with Crippen molar-refractivity contribution < 1.29 is 4.79 Å². The molecular formula is C15H22N4O. The van der Waals surface area contributed by atoms with Crippen molar-refractivity contribution in [1.82, 2.24) is 15.5 Å². The van der Waals surface area contributed by atoms with Crippen LogP contribution < -0.4 is 10.2 Å². The normalized spacial score (nSPS) is 33.9. The summed E-state index contributed by atoms with van der Waals surface area (Å²) in [5.41, 5.74) is 0. The van der Waals surface area contributed by atoms with Crippen LogP contribution in [-0.2, 0) is 4.79 Å². The highest BCUT2D eigenvalue weighted by Crippen LogP contribution is 2.39. The molecule has 1 amide bonds. The van der Waals surface area contributed by atoms with E-state index in [4.69, 9.17) is 0 Å². The van der Waals surface area contributed by atoms with Crippen LogP contribution in [0, 0.1) is 11.8 Å². The minimum absolute atomic E-state index is 0.123. The number of rotatable bonds is 2. The Balaban J connectivity index is 2.00. The van der Waals surface area contributed by atoms with E-state index in [0.717, 1.165) is 12.8 Å². The van der Waals surface area contributed by atoms with Gasteiger partial charge in [-0.25, -0.2) is 0 Å². The second kappa shape index (κ2) is 5.48. The Kier molecular flexibility index (Phi) is 3.70. The van der Waals surface area contributed by atoms with Crippen LogP contribution in [0.4, 0.5) is 5.82 Å². The van der Waals surface area contributed by atoms with Crippen molar-refractivity contribution >= 4 is 11.7 Å². The Hall–Kier alpha value is -1.49. The molecule has 4 unspecified atom stereocenters. The molecule has 108 valence electrons. The van der Waals surface area contributed by atoms with Crippen LogP contribution in [0.25, 0.3) is 0 Å². The van der Waals surface area contributed by atoms with Crippen molar-refractivity contribution in [3.8, 4) is 0 Å². The Morgan fingerprint density at radius 3 is 2.95 bits per heavy atom. The summed E-state index contributed by atoms with van der Waals surface area (Å²) in [6.07, 6.45) is 6.26. The van der Waals surface area contributed by atoms with E-state index in [9.17, 15) is 4.79 Å². The summed E-state index contributed by atoms with van der Waals surface area (Å²) >= 11 is 0. The van der Waals surface area contributed by atoms with E-state index < -0.39 is 0 Å². The lowest BCUT2D eigenvalue weighted by Crippen LogP contribution is -2.50. The summed E-state index contributed by atoms with van der Waals surface area (Å²) in [5.74, 6) is 1.80. The molecule has 1 saturated heterocycles. The van der Waals surface area contributed by atoms with Crippen LogP contribution in [0.1, 0.15) is 32.6 Å². The molecule has 1 aromatic heterocycles.